The Kier molecular flexibility index (Phi) is 7.95. The van der Waals surface area contributed by atoms with Crippen LogP contribution in [0.2, 0.25) is 0 Å². The number of anilines is 2. The minimum atomic E-state index is -3.86. The van der Waals surface area contributed by atoms with Crippen molar-refractivity contribution in [2.24, 2.45) is 12.2 Å². The number of rotatable bonds is 9. The number of benzene rings is 2. The third-order valence-corrected chi connectivity index (χ3v) is 8.14. The lowest BCUT2D eigenvalue weighted by Gasteiger charge is -2.27. The normalized spacial score (nSPS) is 14.5. The fourth-order valence-electron chi connectivity index (χ4n) is 5.15. The molecule has 12 heteroatoms. The molecular weight excluding hydrogens is 534 g/mol. The maximum atomic E-state index is 13.8. The first-order chi connectivity index (χ1) is 19.2. The van der Waals surface area contributed by atoms with Gasteiger partial charge < -0.3 is 18.8 Å². The molecular formula is C28H33N5O6S. The molecule has 0 saturated carbocycles. The van der Waals surface area contributed by atoms with Gasteiger partial charge in [0.1, 0.15) is 5.69 Å². The van der Waals surface area contributed by atoms with Crippen molar-refractivity contribution < 1.29 is 27.4 Å². The van der Waals surface area contributed by atoms with E-state index in [9.17, 15) is 13.2 Å². The highest BCUT2D eigenvalue weighted by Crippen LogP contribution is 2.38. The number of hydrogen-bond acceptors (Lipinski definition) is 8. The van der Waals surface area contributed by atoms with E-state index in [1.54, 1.807) is 29.2 Å². The van der Waals surface area contributed by atoms with Crippen LogP contribution < -0.4 is 19.5 Å². The minimum absolute atomic E-state index is 0.0442. The van der Waals surface area contributed by atoms with Crippen LogP contribution in [0.1, 0.15) is 12.8 Å². The second kappa shape index (κ2) is 11.4. The Morgan fingerprint density at radius 3 is 2.50 bits per heavy atom. The molecule has 1 fully saturated rings. The van der Waals surface area contributed by atoms with Gasteiger partial charge in [-0.3, -0.25) is 14.6 Å². The number of aromatic nitrogens is 2. The van der Waals surface area contributed by atoms with Crippen LogP contribution in [-0.4, -0.2) is 75.8 Å². The van der Waals surface area contributed by atoms with Crippen molar-refractivity contribution in [1.82, 2.24) is 14.5 Å². The van der Waals surface area contributed by atoms with Crippen LogP contribution in [0.5, 0.6) is 11.8 Å². The molecule has 5 rings (SSSR count). The van der Waals surface area contributed by atoms with Crippen molar-refractivity contribution in [3.63, 3.8) is 0 Å². The predicted molar refractivity (Wildman–Crippen MR) is 153 cm³/mol. The zero-order chi connectivity index (χ0) is 28.4. The Labute approximate surface area is 233 Å². The zero-order valence-corrected chi connectivity index (χ0v) is 23.6. The molecule has 1 aliphatic rings. The Morgan fingerprint density at radius 2 is 1.80 bits per heavy atom. The Hall–Kier alpha value is -3.71. The average molecular weight is 568 g/mol. The lowest BCUT2D eigenvalue weighted by Crippen LogP contribution is -2.37. The summed E-state index contributed by atoms with van der Waals surface area (Å²) in [5.74, 6) is 0.527. The fourth-order valence-corrected chi connectivity index (χ4v) is 5.69. The maximum Gasteiger partial charge on any atom is 0.241 e. The lowest BCUT2D eigenvalue weighted by atomic mass is 10.1. The third kappa shape index (κ3) is 5.48. The highest BCUT2D eigenvalue weighted by atomic mass is 32.2. The molecule has 2 aromatic heterocycles. The number of pyridine rings is 1. The number of fused-ring (bicyclic) bond motifs is 3. The predicted octanol–water partition coefficient (Wildman–Crippen LogP) is 3.17. The molecule has 2 aromatic carbocycles. The molecule has 40 heavy (non-hydrogen) atoms. The highest BCUT2D eigenvalue weighted by molar-refractivity contribution is 7.89. The highest BCUT2D eigenvalue weighted by Gasteiger charge is 2.25. The molecule has 0 radical (unpaired) electrons. The van der Waals surface area contributed by atoms with Gasteiger partial charge in [0.2, 0.25) is 27.7 Å². The molecule has 0 aliphatic carbocycles. The number of carbonyl (C=O) groups excluding carboxylic acids is 1. The molecule has 0 atom stereocenters. The minimum Gasteiger partial charge on any atom is -0.481 e. The van der Waals surface area contributed by atoms with Crippen LogP contribution in [0.25, 0.3) is 21.8 Å². The summed E-state index contributed by atoms with van der Waals surface area (Å²) in [7, 11) is 1.06. The van der Waals surface area contributed by atoms with Gasteiger partial charge in [-0.15, -0.1) is 0 Å². The molecule has 3 heterocycles. The van der Waals surface area contributed by atoms with Crippen LogP contribution in [0, 0.1) is 0 Å². The summed E-state index contributed by atoms with van der Waals surface area (Å²) in [6.07, 6.45) is 1.01. The largest absolute Gasteiger partial charge is 0.481 e. The van der Waals surface area contributed by atoms with E-state index in [1.807, 2.05) is 29.8 Å². The molecule has 1 saturated heterocycles. The van der Waals surface area contributed by atoms with E-state index in [4.69, 9.17) is 19.3 Å². The average Bonchev–Trinajstić information content (AvgIpc) is 3.24. The van der Waals surface area contributed by atoms with Crippen LogP contribution in [0.15, 0.2) is 53.4 Å². The van der Waals surface area contributed by atoms with Crippen LogP contribution >= 0.6 is 0 Å². The van der Waals surface area contributed by atoms with E-state index in [0.717, 1.165) is 41.4 Å². The monoisotopic (exact) mass is 567 g/mol. The van der Waals surface area contributed by atoms with Gasteiger partial charge in [0.25, 0.3) is 0 Å². The van der Waals surface area contributed by atoms with Crippen molar-refractivity contribution >= 4 is 49.1 Å². The second-order valence-electron chi connectivity index (χ2n) is 9.65. The van der Waals surface area contributed by atoms with E-state index in [2.05, 4.69) is 9.88 Å². The van der Waals surface area contributed by atoms with Crippen molar-refractivity contribution in [2.45, 2.75) is 17.7 Å². The first-order valence-corrected chi connectivity index (χ1v) is 14.5. The summed E-state index contributed by atoms with van der Waals surface area (Å²) in [6, 6.07) is 13.9. The van der Waals surface area contributed by atoms with Crippen molar-refractivity contribution in [3.05, 3.63) is 48.5 Å². The number of nitrogens with two attached hydrogens (primary N) is 1. The molecule has 0 spiro atoms. The Balaban J connectivity index is 1.56. The van der Waals surface area contributed by atoms with Crippen LogP contribution in [0.3, 0.4) is 0 Å². The molecule has 212 valence electrons. The number of aryl methyl sites for hydroxylation is 1. The van der Waals surface area contributed by atoms with Crippen LogP contribution in [0.4, 0.5) is 11.4 Å². The number of amides is 1. The van der Waals surface area contributed by atoms with E-state index in [0.29, 0.717) is 43.3 Å². The lowest BCUT2D eigenvalue weighted by molar-refractivity contribution is -0.118. The molecule has 1 amide bonds. The summed E-state index contributed by atoms with van der Waals surface area (Å²) in [5.41, 5.74) is 2.79. The van der Waals surface area contributed by atoms with E-state index in [-0.39, 0.29) is 16.7 Å². The number of carbonyl (C=O) groups is 1. The van der Waals surface area contributed by atoms with Crippen molar-refractivity contribution in [2.75, 3.05) is 52.0 Å². The van der Waals surface area contributed by atoms with E-state index in [1.165, 1.54) is 20.3 Å². The zero-order valence-electron chi connectivity index (χ0n) is 22.8. The first-order valence-electron chi connectivity index (χ1n) is 13.0. The fraction of sp³-hybridized carbons (Fsp3) is 0.357. The standard InChI is InChI=1S/C28H33N5O6S/c1-31-23-9-7-20(40(29,35)36)18-22(23)21-8-6-19(17-25(21)31)33(24-10-11-26(37-2)30-28(24)38-3)27(34)5-4-12-32-13-15-39-16-14-32/h6-11,17-18H,4-5,12-16H2,1-3H3,(H2,29,35,36). The van der Waals surface area contributed by atoms with Gasteiger partial charge in [-0.1, -0.05) is 6.07 Å². The number of ether oxygens (including phenoxy) is 3. The summed E-state index contributed by atoms with van der Waals surface area (Å²) in [5, 5.41) is 6.97. The summed E-state index contributed by atoms with van der Waals surface area (Å²) in [4.78, 5) is 22.2. The smallest absolute Gasteiger partial charge is 0.241 e. The maximum absolute atomic E-state index is 13.8. The number of primary sulfonamides is 1. The van der Waals surface area contributed by atoms with Gasteiger partial charge in [-0.05, 0) is 49.4 Å². The molecule has 4 aromatic rings. The number of methoxy groups -OCH3 is 2. The van der Waals surface area contributed by atoms with Gasteiger partial charge in [0.15, 0.2) is 0 Å². The van der Waals surface area contributed by atoms with Crippen molar-refractivity contribution in [3.8, 4) is 11.8 Å². The number of morpholine rings is 1. The van der Waals surface area contributed by atoms with Gasteiger partial charge in [0, 0.05) is 48.9 Å². The van der Waals surface area contributed by atoms with Gasteiger partial charge in [0.05, 0.1) is 43.5 Å². The molecule has 0 bridgehead atoms. The molecule has 2 N–H and O–H groups in total. The quantitative estimate of drug-likeness (QED) is 0.327. The number of nitrogens with zero attached hydrogens (tertiary/aromatic N) is 4. The Bertz CT molecular complexity index is 1660. The summed E-state index contributed by atoms with van der Waals surface area (Å²) < 4.78 is 42.2. The summed E-state index contributed by atoms with van der Waals surface area (Å²) >= 11 is 0. The SMILES string of the molecule is COc1ccc(N(C(=O)CCCN2CCOCC2)c2ccc3c4cc(S(N)(=O)=O)ccc4n(C)c3c2)c(OC)n1. The molecule has 0 unspecified atom stereocenters. The van der Waals surface area contributed by atoms with Crippen molar-refractivity contribution in [1.29, 1.82) is 0 Å². The topological polar surface area (TPSA) is 129 Å². The molecule has 11 nitrogen and oxygen atoms in total. The van der Waals surface area contributed by atoms with Gasteiger partial charge in [-0.25, -0.2) is 13.6 Å². The third-order valence-electron chi connectivity index (χ3n) is 7.23. The Morgan fingerprint density at radius 1 is 1.02 bits per heavy atom. The van der Waals surface area contributed by atoms with E-state index >= 15 is 0 Å². The van der Waals surface area contributed by atoms with Gasteiger partial charge in [-0.2, -0.15) is 4.98 Å². The number of sulfonamides is 1. The van der Waals surface area contributed by atoms with Crippen LogP contribution in [-0.2, 0) is 26.6 Å². The second-order valence-corrected chi connectivity index (χ2v) is 11.2. The number of hydrogen-bond donors (Lipinski definition) is 1. The molecule has 1 aliphatic heterocycles. The first kappa shape index (κ1) is 27.8. The van der Waals surface area contributed by atoms with Gasteiger partial charge >= 0.3 is 0 Å². The van der Waals surface area contributed by atoms with E-state index < -0.39 is 10.0 Å². The summed E-state index contributed by atoms with van der Waals surface area (Å²) in [6.45, 7) is 3.94.